The maximum atomic E-state index is 10.6. The molecule has 1 aliphatic rings. The van der Waals surface area contributed by atoms with Gasteiger partial charge in [0, 0.05) is 13.5 Å². The Morgan fingerprint density at radius 3 is 2.92 bits per heavy atom. The molecule has 3 heteroatoms. The van der Waals surface area contributed by atoms with E-state index in [1.807, 2.05) is 0 Å². The second-order valence-corrected chi connectivity index (χ2v) is 3.56. The zero-order chi connectivity index (χ0) is 8.97. The van der Waals surface area contributed by atoms with Crippen LogP contribution in [0.3, 0.4) is 0 Å². The van der Waals surface area contributed by atoms with E-state index in [2.05, 4.69) is 0 Å². The van der Waals surface area contributed by atoms with Crippen molar-refractivity contribution in [3.05, 3.63) is 0 Å². The highest BCUT2D eigenvalue weighted by Crippen LogP contribution is 2.27. The van der Waals surface area contributed by atoms with Crippen LogP contribution in [0.4, 0.5) is 0 Å². The number of hydrogen-bond acceptors (Lipinski definition) is 2. The lowest BCUT2D eigenvalue weighted by molar-refractivity contribution is -0.119. The third kappa shape index (κ3) is 2.81. The molecule has 0 bridgehead atoms. The number of hydrogen-bond donors (Lipinski definition) is 1. The van der Waals surface area contributed by atoms with E-state index in [9.17, 15) is 4.79 Å². The van der Waals surface area contributed by atoms with Crippen LogP contribution in [0.5, 0.6) is 0 Å². The van der Waals surface area contributed by atoms with Gasteiger partial charge in [-0.25, -0.2) is 0 Å². The summed E-state index contributed by atoms with van der Waals surface area (Å²) in [5.74, 6) is 0.276. The van der Waals surface area contributed by atoms with Gasteiger partial charge in [-0.15, -0.1) is 0 Å². The molecule has 1 saturated carbocycles. The smallest absolute Gasteiger partial charge is 0.217 e. The fraction of sp³-hybridized carbons (Fsp3) is 0.889. The van der Waals surface area contributed by atoms with Gasteiger partial charge >= 0.3 is 0 Å². The van der Waals surface area contributed by atoms with Crippen molar-refractivity contribution in [2.45, 2.75) is 38.2 Å². The van der Waals surface area contributed by atoms with Crippen molar-refractivity contribution in [1.82, 2.24) is 0 Å². The maximum absolute atomic E-state index is 10.6. The normalized spacial score (nSPS) is 30.1. The van der Waals surface area contributed by atoms with Crippen molar-refractivity contribution < 1.29 is 9.53 Å². The lowest BCUT2D eigenvalue weighted by Crippen LogP contribution is -2.25. The summed E-state index contributed by atoms with van der Waals surface area (Å²) in [5, 5.41) is 0. The SMILES string of the molecule is CO[C@@H]1CCC[C@H](CC(N)=O)C1. The van der Waals surface area contributed by atoms with Crippen LogP contribution in [0, 0.1) is 5.92 Å². The fourth-order valence-corrected chi connectivity index (χ4v) is 1.93. The van der Waals surface area contributed by atoms with E-state index in [4.69, 9.17) is 10.5 Å². The summed E-state index contributed by atoms with van der Waals surface area (Å²) >= 11 is 0. The zero-order valence-corrected chi connectivity index (χ0v) is 7.58. The number of methoxy groups -OCH3 is 1. The predicted molar refractivity (Wildman–Crippen MR) is 46.6 cm³/mol. The first-order valence-corrected chi connectivity index (χ1v) is 4.53. The Kier molecular flexibility index (Phi) is 3.53. The van der Waals surface area contributed by atoms with E-state index in [-0.39, 0.29) is 5.91 Å². The molecule has 0 heterocycles. The first-order chi connectivity index (χ1) is 5.72. The number of nitrogens with two attached hydrogens (primary N) is 1. The van der Waals surface area contributed by atoms with Gasteiger partial charge < -0.3 is 10.5 Å². The molecule has 1 aliphatic carbocycles. The van der Waals surface area contributed by atoms with E-state index >= 15 is 0 Å². The second-order valence-electron chi connectivity index (χ2n) is 3.56. The van der Waals surface area contributed by atoms with Crippen molar-refractivity contribution >= 4 is 5.91 Å². The molecule has 2 N–H and O–H groups in total. The molecule has 0 aromatic rings. The van der Waals surface area contributed by atoms with Crippen molar-refractivity contribution in [1.29, 1.82) is 0 Å². The number of carbonyl (C=O) groups excluding carboxylic acids is 1. The monoisotopic (exact) mass is 171 g/mol. The molecular weight excluding hydrogens is 154 g/mol. The standard InChI is InChI=1S/C9H17NO2/c1-12-8-4-2-3-7(5-8)6-9(10)11/h7-8H,2-6H2,1H3,(H2,10,11)/t7-,8+/m0/s1. The Labute approximate surface area is 73.3 Å². The van der Waals surface area contributed by atoms with Crippen LogP contribution in [0.2, 0.25) is 0 Å². The minimum absolute atomic E-state index is 0.184. The van der Waals surface area contributed by atoms with Gasteiger partial charge in [0.1, 0.15) is 0 Å². The van der Waals surface area contributed by atoms with Gasteiger partial charge in [-0.1, -0.05) is 6.42 Å². The molecular formula is C9H17NO2. The number of primary amides is 1. The van der Waals surface area contributed by atoms with Crippen LogP contribution in [0.25, 0.3) is 0 Å². The van der Waals surface area contributed by atoms with E-state index in [0.717, 1.165) is 25.7 Å². The van der Waals surface area contributed by atoms with Crippen LogP contribution in [0.15, 0.2) is 0 Å². The molecule has 12 heavy (non-hydrogen) atoms. The molecule has 0 radical (unpaired) electrons. The molecule has 0 aliphatic heterocycles. The molecule has 3 nitrogen and oxygen atoms in total. The Morgan fingerprint density at radius 2 is 2.33 bits per heavy atom. The molecule has 0 aromatic carbocycles. The van der Waals surface area contributed by atoms with E-state index < -0.39 is 0 Å². The third-order valence-electron chi connectivity index (χ3n) is 2.56. The number of amides is 1. The summed E-state index contributed by atoms with van der Waals surface area (Å²) in [5.41, 5.74) is 5.13. The summed E-state index contributed by atoms with van der Waals surface area (Å²) in [6, 6.07) is 0. The van der Waals surface area contributed by atoms with Crippen LogP contribution in [-0.4, -0.2) is 19.1 Å². The molecule has 1 rings (SSSR count). The topological polar surface area (TPSA) is 52.3 Å². The van der Waals surface area contributed by atoms with E-state index in [1.165, 1.54) is 0 Å². The quantitative estimate of drug-likeness (QED) is 0.690. The minimum Gasteiger partial charge on any atom is -0.381 e. The van der Waals surface area contributed by atoms with Gasteiger partial charge in [-0.05, 0) is 25.2 Å². The Balaban J connectivity index is 2.30. The van der Waals surface area contributed by atoms with Crippen molar-refractivity contribution in [2.24, 2.45) is 11.7 Å². The number of rotatable bonds is 3. The van der Waals surface area contributed by atoms with Gasteiger partial charge in [0.05, 0.1) is 6.10 Å². The molecule has 2 atom stereocenters. The minimum atomic E-state index is -0.184. The van der Waals surface area contributed by atoms with Crippen LogP contribution in [0.1, 0.15) is 32.1 Å². The highest BCUT2D eigenvalue weighted by atomic mass is 16.5. The van der Waals surface area contributed by atoms with Crippen LogP contribution < -0.4 is 5.73 Å². The highest BCUT2D eigenvalue weighted by Gasteiger charge is 2.22. The number of ether oxygens (including phenoxy) is 1. The van der Waals surface area contributed by atoms with Crippen LogP contribution in [-0.2, 0) is 9.53 Å². The molecule has 0 saturated heterocycles. The molecule has 1 fully saturated rings. The van der Waals surface area contributed by atoms with Crippen molar-refractivity contribution in [2.75, 3.05) is 7.11 Å². The first kappa shape index (κ1) is 9.52. The summed E-state index contributed by atoms with van der Waals surface area (Å²) in [7, 11) is 1.73. The summed E-state index contributed by atoms with van der Waals surface area (Å²) in [6.07, 6.45) is 5.30. The third-order valence-corrected chi connectivity index (χ3v) is 2.56. The van der Waals surface area contributed by atoms with Gasteiger partial charge in [-0.2, -0.15) is 0 Å². The molecule has 0 spiro atoms. The van der Waals surface area contributed by atoms with E-state index in [0.29, 0.717) is 18.4 Å². The van der Waals surface area contributed by atoms with Gasteiger partial charge in [0.25, 0.3) is 0 Å². The predicted octanol–water partition coefficient (Wildman–Crippen LogP) is 1.07. The largest absolute Gasteiger partial charge is 0.381 e. The maximum Gasteiger partial charge on any atom is 0.217 e. The fourth-order valence-electron chi connectivity index (χ4n) is 1.93. The molecule has 70 valence electrons. The summed E-state index contributed by atoms with van der Waals surface area (Å²) < 4.78 is 5.25. The molecule has 0 aromatic heterocycles. The first-order valence-electron chi connectivity index (χ1n) is 4.53. The molecule has 0 unspecified atom stereocenters. The average molecular weight is 171 g/mol. The Bertz CT molecular complexity index is 159. The zero-order valence-electron chi connectivity index (χ0n) is 7.58. The summed E-state index contributed by atoms with van der Waals surface area (Å²) in [4.78, 5) is 10.6. The van der Waals surface area contributed by atoms with Crippen molar-refractivity contribution in [3.8, 4) is 0 Å². The van der Waals surface area contributed by atoms with Gasteiger partial charge in [-0.3, -0.25) is 4.79 Å². The van der Waals surface area contributed by atoms with Gasteiger partial charge in [0.15, 0.2) is 0 Å². The second kappa shape index (κ2) is 4.45. The Hall–Kier alpha value is -0.570. The highest BCUT2D eigenvalue weighted by molar-refractivity contribution is 5.73. The van der Waals surface area contributed by atoms with E-state index in [1.54, 1.807) is 7.11 Å². The van der Waals surface area contributed by atoms with Crippen molar-refractivity contribution in [3.63, 3.8) is 0 Å². The summed E-state index contributed by atoms with van der Waals surface area (Å²) in [6.45, 7) is 0. The lowest BCUT2D eigenvalue weighted by atomic mass is 9.85. The Morgan fingerprint density at radius 1 is 1.58 bits per heavy atom. The van der Waals surface area contributed by atoms with Crippen LogP contribution >= 0.6 is 0 Å². The number of carbonyl (C=O) groups is 1. The van der Waals surface area contributed by atoms with Gasteiger partial charge in [0.2, 0.25) is 5.91 Å². The molecule has 1 amide bonds. The average Bonchev–Trinajstić information content (AvgIpc) is 2.03. The lowest BCUT2D eigenvalue weighted by Gasteiger charge is -2.27.